The fourth-order valence-corrected chi connectivity index (χ4v) is 5.91. The molecule has 41 heavy (non-hydrogen) atoms. The summed E-state index contributed by atoms with van der Waals surface area (Å²) in [4.78, 5) is 18.0. The van der Waals surface area contributed by atoms with E-state index in [2.05, 4.69) is 35.6 Å². The average Bonchev–Trinajstić information content (AvgIpc) is 3.68. The lowest BCUT2D eigenvalue weighted by molar-refractivity contribution is 0.0916. The van der Waals surface area contributed by atoms with E-state index >= 15 is 0 Å². The first-order valence-corrected chi connectivity index (χ1v) is 14.4. The van der Waals surface area contributed by atoms with Gasteiger partial charge in [-0.05, 0) is 48.4 Å². The Balaban J connectivity index is 1.19. The van der Waals surface area contributed by atoms with Crippen molar-refractivity contribution >= 4 is 5.91 Å². The molecule has 1 saturated carbocycles. The number of carbonyl (C=O) groups is 1. The fourth-order valence-electron chi connectivity index (χ4n) is 5.91. The number of nitrogens with one attached hydrogen (secondary N) is 1. The Morgan fingerprint density at radius 2 is 1.54 bits per heavy atom. The Morgan fingerprint density at radius 3 is 2.27 bits per heavy atom. The third-order valence-electron chi connectivity index (χ3n) is 8.03. The first-order valence-electron chi connectivity index (χ1n) is 14.4. The van der Waals surface area contributed by atoms with Crippen LogP contribution < -0.4 is 5.32 Å². The lowest BCUT2D eigenvalue weighted by Gasteiger charge is -2.17. The summed E-state index contributed by atoms with van der Waals surface area (Å²) in [6.07, 6.45) is 3.35. The number of amides is 1. The maximum Gasteiger partial charge on any atom is 0.251 e. The summed E-state index contributed by atoms with van der Waals surface area (Å²) in [6, 6.07) is 37.6. The van der Waals surface area contributed by atoms with Crippen molar-refractivity contribution in [1.29, 1.82) is 0 Å². The lowest BCUT2D eigenvalue weighted by Crippen LogP contribution is -2.28. The number of aromatic nitrogens is 1. The van der Waals surface area contributed by atoms with Crippen LogP contribution >= 0.6 is 0 Å². The first kappa shape index (κ1) is 26.7. The Bertz CT molecular complexity index is 1520. The van der Waals surface area contributed by atoms with E-state index in [0.29, 0.717) is 11.5 Å². The summed E-state index contributed by atoms with van der Waals surface area (Å²) in [6.45, 7) is 0.162. The summed E-state index contributed by atoms with van der Waals surface area (Å²) < 4.78 is 6.56. The van der Waals surface area contributed by atoms with Crippen molar-refractivity contribution in [2.75, 3.05) is 6.54 Å². The van der Waals surface area contributed by atoms with E-state index in [9.17, 15) is 9.90 Å². The summed E-state index contributed by atoms with van der Waals surface area (Å²) in [5.41, 5.74) is 5.46. The average molecular weight is 543 g/mol. The van der Waals surface area contributed by atoms with Gasteiger partial charge in [-0.3, -0.25) is 4.79 Å². The number of aliphatic hydroxyl groups excluding tert-OH is 1. The minimum Gasteiger partial charge on any atom is -0.440 e. The Morgan fingerprint density at radius 1 is 0.854 bits per heavy atom. The fraction of sp³-hybridized carbons (Fsp3) is 0.222. The molecule has 2 N–H and O–H groups in total. The highest BCUT2D eigenvalue weighted by Crippen LogP contribution is 2.44. The molecule has 1 aliphatic rings. The highest BCUT2D eigenvalue weighted by molar-refractivity contribution is 5.94. The summed E-state index contributed by atoms with van der Waals surface area (Å²) in [5, 5.41) is 13.3. The molecular weight excluding hydrogens is 508 g/mol. The van der Waals surface area contributed by atoms with Crippen molar-refractivity contribution in [3.63, 3.8) is 0 Å². The molecule has 1 amide bonds. The van der Waals surface area contributed by atoms with Crippen LogP contribution in [0.2, 0.25) is 0 Å². The van der Waals surface area contributed by atoms with Gasteiger partial charge in [0.25, 0.3) is 5.91 Å². The monoisotopic (exact) mass is 542 g/mol. The number of hydrogen-bond donors (Lipinski definition) is 2. The van der Waals surface area contributed by atoms with Gasteiger partial charge in [0.15, 0.2) is 11.7 Å². The SMILES string of the molecule is O=C(NC[C@@H](O)c1ccccc1)c1cccc(C[C@@H]2CCC[C@H]2c2nc(-c3ccccc3)c(-c3ccccc3)o2)c1. The van der Waals surface area contributed by atoms with Crippen molar-refractivity contribution in [1.82, 2.24) is 10.3 Å². The normalized spacial score (nSPS) is 17.3. The number of oxazole rings is 1. The molecule has 1 heterocycles. The summed E-state index contributed by atoms with van der Waals surface area (Å²) >= 11 is 0. The van der Waals surface area contributed by atoms with Crippen LogP contribution in [0.3, 0.4) is 0 Å². The van der Waals surface area contributed by atoms with Crippen molar-refractivity contribution in [3.05, 3.63) is 138 Å². The Kier molecular flexibility index (Phi) is 8.06. The molecule has 4 aromatic carbocycles. The zero-order chi connectivity index (χ0) is 28.0. The smallest absolute Gasteiger partial charge is 0.251 e. The number of benzene rings is 4. The van der Waals surface area contributed by atoms with Crippen molar-refractivity contribution in [2.24, 2.45) is 5.92 Å². The standard InChI is InChI=1S/C36H34N2O3/c39-32(26-13-4-1-5-14-26)24-37-35(40)30-20-10-12-25(23-30)22-29-19-11-21-31(29)36-38-33(27-15-6-2-7-16-27)34(41-36)28-17-8-3-9-18-28/h1-10,12-18,20,23,29,31-32,39H,11,19,21-22,24H2,(H,37,40)/t29-,31+,32+/m0/s1. The quantitative estimate of drug-likeness (QED) is 0.201. The molecule has 3 atom stereocenters. The molecule has 5 nitrogen and oxygen atoms in total. The maximum absolute atomic E-state index is 12.9. The predicted octanol–water partition coefficient (Wildman–Crippen LogP) is 7.60. The van der Waals surface area contributed by atoms with Gasteiger partial charge in [-0.25, -0.2) is 4.98 Å². The molecule has 0 saturated heterocycles. The molecular formula is C36H34N2O3. The summed E-state index contributed by atoms with van der Waals surface area (Å²) in [5.74, 6) is 2.02. The second kappa shape index (κ2) is 12.4. The molecule has 0 spiro atoms. The van der Waals surface area contributed by atoms with Crippen LogP contribution in [-0.2, 0) is 6.42 Å². The van der Waals surface area contributed by atoms with Crippen LogP contribution in [0, 0.1) is 5.92 Å². The van der Waals surface area contributed by atoms with Crippen molar-refractivity contribution in [3.8, 4) is 22.6 Å². The van der Waals surface area contributed by atoms with Crippen molar-refractivity contribution < 1.29 is 14.3 Å². The summed E-state index contributed by atoms with van der Waals surface area (Å²) in [7, 11) is 0. The highest BCUT2D eigenvalue weighted by atomic mass is 16.4. The largest absolute Gasteiger partial charge is 0.440 e. The number of hydrogen-bond acceptors (Lipinski definition) is 4. The van der Waals surface area contributed by atoms with E-state index in [1.165, 1.54) is 0 Å². The molecule has 6 rings (SSSR count). The van der Waals surface area contributed by atoms with Gasteiger partial charge in [-0.2, -0.15) is 0 Å². The van der Waals surface area contributed by atoms with Crippen LogP contribution in [0.4, 0.5) is 0 Å². The lowest BCUT2D eigenvalue weighted by atomic mass is 9.89. The van der Waals surface area contributed by atoms with Gasteiger partial charge in [0.1, 0.15) is 5.69 Å². The van der Waals surface area contributed by atoms with Gasteiger partial charge in [0.05, 0.1) is 6.10 Å². The van der Waals surface area contributed by atoms with Gasteiger partial charge >= 0.3 is 0 Å². The van der Waals surface area contributed by atoms with Crippen LogP contribution in [-0.4, -0.2) is 22.5 Å². The van der Waals surface area contributed by atoms with Gasteiger partial charge in [-0.15, -0.1) is 0 Å². The van der Waals surface area contributed by atoms with Crippen molar-refractivity contribution in [2.45, 2.75) is 37.7 Å². The first-order chi connectivity index (χ1) is 20.2. The minimum atomic E-state index is -0.745. The zero-order valence-electron chi connectivity index (χ0n) is 22.9. The van der Waals surface area contributed by atoms with E-state index in [4.69, 9.17) is 9.40 Å². The van der Waals surface area contributed by atoms with Gasteiger partial charge in [0, 0.05) is 29.2 Å². The van der Waals surface area contributed by atoms with E-state index in [1.807, 2.05) is 84.9 Å². The third-order valence-corrected chi connectivity index (χ3v) is 8.03. The van der Waals surface area contributed by atoms with E-state index in [-0.39, 0.29) is 18.4 Å². The Hall–Kier alpha value is -4.48. The van der Waals surface area contributed by atoms with Gasteiger partial charge in [0.2, 0.25) is 0 Å². The van der Waals surface area contributed by atoms with Crippen LogP contribution in [0.1, 0.15) is 58.7 Å². The molecule has 5 aromatic rings. The second-order valence-corrected chi connectivity index (χ2v) is 10.8. The number of nitrogens with zero attached hydrogens (tertiary/aromatic N) is 1. The maximum atomic E-state index is 12.9. The van der Waals surface area contributed by atoms with E-state index in [1.54, 1.807) is 0 Å². The second-order valence-electron chi connectivity index (χ2n) is 10.8. The molecule has 5 heteroatoms. The molecule has 1 fully saturated rings. The molecule has 206 valence electrons. The Labute approximate surface area is 240 Å². The topological polar surface area (TPSA) is 75.4 Å². The number of aliphatic hydroxyl groups is 1. The van der Waals surface area contributed by atoms with E-state index < -0.39 is 6.10 Å². The molecule has 1 aromatic heterocycles. The molecule has 1 aliphatic carbocycles. The molecule has 0 unspecified atom stereocenters. The predicted molar refractivity (Wildman–Crippen MR) is 161 cm³/mol. The van der Waals surface area contributed by atoms with E-state index in [0.717, 1.165) is 65.3 Å². The highest BCUT2D eigenvalue weighted by Gasteiger charge is 2.33. The number of rotatable bonds is 9. The van der Waals surface area contributed by atoms with Crippen LogP contribution in [0.5, 0.6) is 0 Å². The van der Waals surface area contributed by atoms with Gasteiger partial charge in [-0.1, -0.05) is 110 Å². The van der Waals surface area contributed by atoms with Crippen LogP contribution in [0.25, 0.3) is 22.6 Å². The number of carbonyl (C=O) groups excluding carboxylic acids is 1. The molecule has 0 bridgehead atoms. The zero-order valence-corrected chi connectivity index (χ0v) is 22.9. The van der Waals surface area contributed by atoms with Gasteiger partial charge < -0.3 is 14.8 Å². The molecule has 0 aliphatic heterocycles. The third kappa shape index (κ3) is 6.16. The molecule has 0 radical (unpaired) electrons. The van der Waals surface area contributed by atoms with Crippen LogP contribution in [0.15, 0.2) is 120 Å². The minimum absolute atomic E-state index is 0.162.